The Hall–Kier alpha value is -3.03. The molecule has 1 aliphatic rings. The standard InChI is InChI=1S/C24H35N5O3/c1-8-28(9-2)17-10-11-19(16(3)14-17)25-22(30)21-18-15-29(23(31)32-24(4,5)6)13-12-20(18)26-27(21)7/h10-11,14H,8-9,12-13,15H2,1-7H3,(H,25,30). The number of nitrogens with zero attached hydrogens (tertiary/aromatic N) is 4. The predicted octanol–water partition coefficient (Wildman–Crippen LogP) is 4.12. The van der Waals surface area contributed by atoms with Crippen molar-refractivity contribution in [3.05, 3.63) is 40.7 Å². The van der Waals surface area contributed by atoms with Gasteiger partial charge >= 0.3 is 6.09 Å². The predicted molar refractivity (Wildman–Crippen MR) is 126 cm³/mol. The quantitative estimate of drug-likeness (QED) is 0.755. The van der Waals surface area contributed by atoms with E-state index in [0.717, 1.165) is 41.3 Å². The third kappa shape index (κ3) is 5.06. The molecule has 8 nitrogen and oxygen atoms in total. The van der Waals surface area contributed by atoms with Gasteiger partial charge in [0.25, 0.3) is 5.91 Å². The Morgan fingerprint density at radius 1 is 1.22 bits per heavy atom. The van der Waals surface area contributed by atoms with Crippen LogP contribution in [0.3, 0.4) is 0 Å². The molecule has 1 aliphatic heterocycles. The molecule has 0 saturated heterocycles. The van der Waals surface area contributed by atoms with Crippen LogP contribution in [0.1, 0.15) is 61.9 Å². The highest BCUT2D eigenvalue weighted by Gasteiger charge is 2.31. The monoisotopic (exact) mass is 441 g/mol. The van der Waals surface area contributed by atoms with Gasteiger partial charge < -0.3 is 19.9 Å². The van der Waals surface area contributed by atoms with Crippen LogP contribution in [-0.2, 0) is 24.8 Å². The largest absolute Gasteiger partial charge is 0.444 e. The third-order valence-electron chi connectivity index (χ3n) is 5.65. The van der Waals surface area contributed by atoms with Crippen LogP contribution in [0.4, 0.5) is 16.2 Å². The molecule has 0 radical (unpaired) electrons. The maximum Gasteiger partial charge on any atom is 0.410 e. The first-order chi connectivity index (χ1) is 15.0. The molecule has 32 heavy (non-hydrogen) atoms. The molecule has 2 amide bonds. The summed E-state index contributed by atoms with van der Waals surface area (Å²) in [6.45, 7) is 14.5. The molecule has 0 unspecified atom stereocenters. The Bertz CT molecular complexity index is 1000. The second kappa shape index (κ2) is 9.22. The highest BCUT2D eigenvalue weighted by molar-refractivity contribution is 6.04. The number of anilines is 2. The highest BCUT2D eigenvalue weighted by Crippen LogP contribution is 2.26. The molecule has 3 rings (SSSR count). The van der Waals surface area contributed by atoms with Crippen molar-refractivity contribution >= 4 is 23.4 Å². The lowest BCUT2D eigenvalue weighted by Gasteiger charge is -2.29. The first-order valence-corrected chi connectivity index (χ1v) is 11.2. The minimum atomic E-state index is -0.568. The molecule has 0 aliphatic carbocycles. The van der Waals surface area contributed by atoms with Gasteiger partial charge in [0.15, 0.2) is 0 Å². The van der Waals surface area contributed by atoms with Gasteiger partial charge in [-0.3, -0.25) is 9.48 Å². The van der Waals surface area contributed by atoms with Crippen LogP contribution < -0.4 is 10.2 Å². The summed E-state index contributed by atoms with van der Waals surface area (Å²) in [5, 5.41) is 7.57. The molecular weight excluding hydrogens is 406 g/mol. The van der Waals surface area contributed by atoms with Crippen molar-refractivity contribution in [3.8, 4) is 0 Å². The number of carbonyl (C=O) groups excluding carboxylic acids is 2. The lowest BCUT2D eigenvalue weighted by molar-refractivity contribution is 0.0222. The van der Waals surface area contributed by atoms with Crippen molar-refractivity contribution in [3.63, 3.8) is 0 Å². The van der Waals surface area contributed by atoms with Crippen molar-refractivity contribution in [2.24, 2.45) is 7.05 Å². The van der Waals surface area contributed by atoms with E-state index in [1.54, 1.807) is 16.6 Å². The fourth-order valence-electron chi connectivity index (χ4n) is 4.02. The van der Waals surface area contributed by atoms with Gasteiger partial charge in [-0.05, 0) is 65.3 Å². The van der Waals surface area contributed by atoms with Crippen molar-refractivity contribution in [1.82, 2.24) is 14.7 Å². The SMILES string of the molecule is CCN(CC)c1ccc(NC(=O)c2c3c(nn2C)CCN(C(=O)OC(C)(C)C)C3)c(C)c1. The minimum Gasteiger partial charge on any atom is -0.444 e. The van der Waals surface area contributed by atoms with Gasteiger partial charge in [0.1, 0.15) is 11.3 Å². The van der Waals surface area contributed by atoms with E-state index in [4.69, 9.17) is 4.74 Å². The molecule has 0 fully saturated rings. The van der Waals surface area contributed by atoms with E-state index in [9.17, 15) is 9.59 Å². The van der Waals surface area contributed by atoms with Crippen LogP contribution in [-0.4, -0.2) is 51.9 Å². The van der Waals surface area contributed by atoms with Crippen LogP contribution in [0.5, 0.6) is 0 Å². The summed E-state index contributed by atoms with van der Waals surface area (Å²) >= 11 is 0. The summed E-state index contributed by atoms with van der Waals surface area (Å²) in [5.74, 6) is -0.231. The summed E-state index contributed by atoms with van der Waals surface area (Å²) < 4.78 is 7.12. The number of benzene rings is 1. The van der Waals surface area contributed by atoms with Gasteiger partial charge in [-0.25, -0.2) is 4.79 Å². The average molecular weight is 442 g/mol. The lowest BCUT2D eigenvalue weighted by atomic mass is 10.0. The van der Waals surface area contributed by atoms with Crippen molar-refractivity contribution in [1.29, 1.82) is 0 Å². The Morgan fingerprint density at radius 3 is 2.50 bits per heavy atom. The number of hydrogen-bond donors (Lipinski definition) is 1. The molecule has 0 saturated carbocycles. The fraction of sp³-hybridized carbons (Fsp3) is 0.542. The zero-order valence-electron chi connectivity index (χ0n) is 20.3. The molecule has 2 heterocycles. The minimum absolute atomic E-state index is 0.231. The van der Waals surface area contributed by atoms with Gasteiger partial charge in [-0.15, -0.1) is 0 Å². The molecule has 0 bridgehead atoms. The summed E-state index contributed by atoms with van der Waals surface area (Å²) in [6, 6.07) is 6.06. The van der Waals surface area contributed by atoms with Crippen LogP contribution in [0.2, 0.25) is 0 Å². The molecule has 1 aromatic carbocycles. The Balaban J connectivity index is 1.81. The topological polar surface area (TPSA) is 79.7 Å². The fourth-order valence-corrected chi connectivity index (χ4v) is 4.02. The summed E-state index contributed by atoms with van der Waals surface area (Å²) in [7, 11) is 1.77. The number of nitrogens with one attached hydrogen (secondary N) is 1. The van der Waals surface area contributed by atoms with Crippen LogP contribution in [0, 0.1) is 6.92 Å². The lowest BCUT2D eigenvalue weighted by Crippen LogP contribution is -2.40. The van der Waals surface area contributed by atoms with E-state index in [1.807, 2.05) is 39.8 Å². The number of hydrogen-bond acceptors (Lipinski definition) is 5. The maximum absolute atomic E-state index is 13.2. The summed E-state index contributed by atoms with van der Waals surface area (Å²) in [5.41, 5.74) is 4.43. The van der Waals surface area contributed by atoms with E-state index in [0.29, 0.717) is 25.2 Å². The zero-order valence-corrected chi connectivity index (χ0v) is 20.3. The van der Waals surface area contributed by atoms with Gasteiger partial charge in [0.05, 0.1) is 12.2 Å². The number of rotatable bonds is 5. The molecule has 0 atom stereocenters. The maximum atomic E-state index is 13.2. The Morgan fingerprint density at radius 2 is 1.91 bits per heavy atom. The summed E-state index contributed by atoms with van der Waals surface area (Å²) in [6.07, 6.45) is 0.217. The second-order valence-corrected chi connectivity index (χ2v) is 9.17. The molecule has 1 N–H and O–H groups in total. The van der Waals surface area contributed by atoms with Gasteiger partial charge in [0, 0.05) is 50.0 Å². The van der Waals surface area contributed by atoms with E-state index in [-0.39, 0.29) is 12.0 Å². The zero-order chi connectivity index (χ0) is 23.6. The second-order valence-electron chi connectivity index (χ2n) is 9.17. The van der Waals surface area contributed by atoms with Crippen LogP contribution in [0.15, 0.2) is 18.2 Å². The molecule has 2 aromatic rings. The van der Waals surface area contributed by atoms with Crippen LogP contribution in [0.25, 0.3) is 0 Å². The molecule has 174 valence electrons. The van der Waals surface area contributed by atoms with Gasteiger partial charge in [-0.1, -0.05) is 0 Å². The number of aryl methyl sites for hydroxylation is 2. The third-order valence-corrected chi connectivity index (χ3v) is 5.65. The normalized spacial score (nSPS) is 13.5. The highest BCUT2D eigenvalue weighted by atomic mass is 16.6. The van der Waals surface area contributed by atoms with E-state index in [2.05, 4.69) is 35.2 Å². The summed E-state index contributed by atoms with van der Waals surface area (Å²) in [4.78, 5) is 29.7. The number of ether oxygens (including phenoxy) is 1. The van der Waals surface area contributed by atoms with Gasteiger partial charge in [0.2, 0.25) is 0 Å². The van der Waals surface area contributed by atoms with Crippen LogP contribution >= 0.6 is 0 Å². The van der Waals surface area contributed by atoms with Gasteiger partial charge in [-0.2, -0.15) is 5.10 Å². The Labute approximate surface area is 190 Å². The number of aromatic nitrogens is 2. The van der Waals surface area contributed by atoms with E-state index >= 15 is 0 Å². The molecule has 1 aromatic heterocycles. The average Bonchev–Trinajstić information content (AvgIpc) is 3.04. The number of amides is 2. The van der Waals surface area contributed by atoms with Crippen molar-refractivity contribution in [2.45, 2.75) is 60.1 Å². The van der Waals surface area contributed by atoms with Crippen molar-refractivity contribution in [2.75, 3.05) is 29.9 Å². The molecule has 8 heteroatoms. The smallest absolute Gasteiger partial charge is 0.410 e. The number of fused-ring (bicyclic) bond motifs is 1. The van der Waals surface area contributed by atoms with E-state index < -0.39 is 5.60 Å². The first-order valence-electron chi connectivity index (χ1n) is 11.2. The van der Waals surface area contributed by atoms with Crippen molar-refractivity contribution < 1.29 is 14.3 Å². The number of carbonyl (C=O) groups is 2. The first kappa shape index (κ1) is 23.6. The Kier molecular flexibility index (Phi) is 6.81. The molecule has 0 spiro atoms. The van der Waals surface area contributed by atoms with E-state index in [1.165, 1.54) is 0 Å². The molecular formula is C24H35N5O3.